The quantitative estimate of drug-likeness (QED) is 0.399. The molecule has 0 N–H and O–H groups in total. The van der Waals surface area contributed by atoms with Gasteiger partial charge in [0.1, 0.15) is 0 Å². The Balaban J connectivity index is 3.75. The number of halogens is 2. The van der Waals surface area contributed by atoms with Crippen LogP contribution in [0, 0.1) is 11.8 Å². The normalized spacial score (nSPS) is 10.5. The summed E-state index contributed by atoms with van der Waals surface area (Å²) in [5, 5.41) is 0. The van der Waals surface area contributed by atoms with Crippen LogP contribution in [-0.4, -0.2) is 18.5 Å². The molecule has 0 rings (SSSR count). The fourth-order valence-electron chi connectivity index (χ4n) is 1.03. The van der Waals surface area contributed by atoms with Gasteiger partial charge in [0.15, 0.2) is 0 Å². The lowest BCUT2D eigenvalue weighted by Crippen LogP contribution is -2.14. The molecule has 0 aromatic carbocycles. The van der Waals surface area contributed by atoms with Crippen molar-refractivity contribution in [2.24, 2.45) is 0 Å². The zero-order valence-corrected chi connectivity index (χ0v) is 9.82. The smallest absolute Gasteiger partial charge is 0.308 e. The summed E-state index contributed by atoms with van der Waals surface area (Å²) in [5.41, 5.74) is 0. The van der Waals surface area contributed by atoms with Crippen molar-refractivity contribution >= 4 is 5.97 Å². The summed E-state index contributed by atoms with van der Waals surface area (Å²) in [6, 6.07) is 0. The van der Waals surface area contributed by atoms with Crippen molar-refractivity contribution in [3.05, 3.63) is 0 Å². The summed E-state index contributed by atoms with van der Waals surface area (Å²) in [4.78, 5) is 10.4. The largest absolute Gasteiger partial charge is 0.466 e. The Morgan fingerprint density at radius 3 is 2.62 bits per heavy atom. The van der Waals surface area contributed by atoms with E-state index >= 15 is 0 Å². The van der Waals surface area contributed by atoms with Crippen LogP contribution in [-0.2, 0) is 9.53 Å². The van der Waals surface area contributed by atoms with Crippen molar-refractivity contribution in [2.75, 3.05) is 6.61 Å². The van der Waals surface area contributed by atoms with Crippen LogP contribution in [0.4, 0.5) is 8.78 Å². The summed E-state index contributed by atoms with van der Waals surface area (Å²) < 4.78 is 30.7. The van der Waals surface area contributed by atoms with Gasteiger partial charge in [-0.05, 0) is 18.8 Å². The van der Waals surface area contributed by atoms with Crippen molar-refractivity contribution in [1.82, 2.24) is 0 Å². The third kappa shape index (κ3) is 9.45. The number of unbranched alkanes of at least 4 members (excludes halogenated alkanes) is 2. The van der Waals surface area contributed by atoms with Gasteiger partial charge in [-0.1, -0.05) is 19.3 Å². The van der Waals surface area contributed by atoms with Gasteiger partial charge in [0, 0.05) is 19.8 Å². The van der Waals surface area contributed by atoms with Crippen LogP contribution in [0.1, 0.15) is 46.0 Å². The molecule has 0 amide bonds. The number of ether oxygens (including phenoxy) is 1. The number of carbonyl (C=O) groups is 1. The molecule has 0 spiro atoms. The van der Waals surface area contributed by atoms with E-state index in [1.54, 1.807) is 0 Å². The maximum atomic E-state index is 13.1. The van der Waals surface area contributed by atoms with Crippen LogP contribution in [0.25, 0.3) is 0 Å². The molecule has 0 aromatic rings. The second kappa shape index (κ2) is 8.09. The van der Waals surface area contributed by atoms with Gasteiger partial charge in [0.25, 0.3) is 0 Å². The van der Waals surface area contributed by atoms with E-state index < -0.39 is 11.9 Å². The Labute approximate surface area is 95.4 Å². The first-order valence-electron chi connectivity index (χ1n) is 5.49. The number of hydrogen-bond donors (Lipinski definition) is 0. The van der Waals surface area contributed by atoms with E-state index in [4.69, 9.17) is 0 Å². The predicted molar refractivity (Wildman–Crippen MR) is 58.1 cm³/mol. The molecule has 0 heterocycles. The first-order chi connectivity index (χ1) is 7.48. The van der Waals surface area contributed by atoms with Crippen molar-refractivity contribution in [2.45, 2.75) is 51.9 Å². The zero-order valence-electron chi connectivity index (χ0n) is 9.82. The minimum absolute atomic E-state index is 0.0293. The minimum Gasteiger partial charge on any atom is -0.466 e. The van der Waals surface area contributed by atoms with Crippen LogP contribution >= 0.6 is 0 Å². The van der Waals surface area contributed by atoms with Crippen molar-refractivity contribution in [3.8, 4) is 11.8 Å². The Hall–Kier alpha value is -1.11. The molecule has 4 heteroatoms. The summed E-state index contributed by atoms with van der Waals surface area (Å²) in [7, 11) is 0. The number of carbonyl (C=O) groups excluding carboxylic acids is 1. The highest BCUT2D eigenvalue weighted by atomic mass is 19.3. The SMILES string of the molecule is CCCCC#CC(F)(F)CCCOC(C)=O. The second-order valence-electron chi connectivity index (χ2n) is 3.55. The van der Waals surface area contributed by atoms with E-state index in [1.165, 1.54) is 6.92 Å². The summed E-state index contributed by atoms with van der Waals surface area (Å²) in [6.45, 7) is 3.27. The Bertz CT molecular complexity index is 264. The van der Waals surface area contributed by atoms with Crippen LogP contribution in [0.2, 0.25) is 0 Å². The lowest BCUT2D eigenvalue weighted by molar-refractivity contribution is -0.141. The standard InChI is InChI=1S/C12H18F2O2/c1-3-4-5-6-8-12(13,14)9-7-10-16-11(2)15/h3-5,7,9-10H2,1-2H3. The molecule has 0 fully saturated rings. The Morgan fingerprint density at radius 1 is 1.38 bits per heavy atom. The molecular formula is C12H18F2O2. The average molecular weight is 232 g/mol. The van der Waals surface area contributed by atoms with Crippen molar-refractivity contribution < 1.29 is 18.3 Å². The van der Waals surface area contributed by atoms with Crippen molar-refractivity contribution in [1.29, 1.82) is 0 Å². The number of hydrogen-bond acceptors (Lipinski definition) is 2. The highest BCUT2D eigenvalue weighted by molar-refractivity contribution is 5.65. The van der Waals surface area contributed by atoms with Gasteiger partial charge in [0.05, 0.1) is 6.61 Å². The molecular weight excluding hydrogens is 214 g/mol. The third-order valence-corrected chi connectivity index (χ3v) is 1.87. The lowest BCUT2D eigenvalue weighted by atomic mass is 10.2. The van der Waals surface area contributed by atoms with Crippen molar-refractivity contribution in [3.63, 3.8) is 0 Å². The molecule has 0 atom stereocenters. The summed E-state index contributed by atoms with van der Waals surface area (Å²) in [6.07, 6.45) is 2.08. The van der Waals surface area contributed by atoms with E-state index in [9.17, 15) is 13.6 Å². The van der Waals surface area contributed by atoms with Gasteiger partial charge in [0.2, 0.25) is 0 Å². The molecule has 0 aliphatic carbocycles. The third-order valence-electron chi connectivity index (χ3n) is 1.87. The second-order valence-corrected chi connectivity index (χ2v) is 3.55. The average Bonchev–Trinajstić information content (AvgIpc) is 2.19. The van der Waals surface area contributed by atoms with Gasteiger partial charge >= 0.3 is 11.9 Å². The molecule has 92 valence electrons. The molecule has 0 saturated carbocycles. The fraction of sp³-hybridized carbons (Fsp3) is 0.750. The minimum atomic E-state index is -2.96. The Kier molecular flexibility index (Phi) is 7.53. The molecule has 2 nitrogen and oxygen atoms in total. The van der Waals surface area contributed by atoms with Gasteiger partial charge < -0.3 is 4.74 Å². The molecule has 0 aliphatic rings. The van der Waals surface area contributed by atoms with E-state index in [0.717, 1.165) is 12.8 Å². The van der Waals surface area contributed by atoms with Crippen LogP contribution in [0.5, 0.6) is 0 Å². The van der Waals surface area contributed by atoms with Crippen LogP contribution < -0.4 is 0 Å². The number of esters is 1. The Morgan fingerprint density at radius 2 is 2.06 bits per heavy atom. The molecule has 0 aliphatic heterocycles. The molecule has 0 unspecified atom stereocenters. The topological polar surface area (TPSA) is 26.3 Å². The monoisotopic (exact) mass is 232 g/mol. The van der Waals surface area contributed by atoms with Crippen LogP contribution in [0.3, 0.4) is 0 Å². The van der Waals surface area contributed by atoms with Gasteiger partial charge in [-0.25, -0.2) is 0 Å². The highest BCUT2D eigenvalue weighted by Crippen LogP contribution is 2.19. The number of alkyl halides is 2. The van der Waals surface area contributed by atoms with E-state index in [1.807, 2.05) is 12.8 Å². The van der Waals surface area contributed by atoms with Gasteiger partial charge in [-0.3, -0.25) is 4.79 Å². The predicted octanol–water partition coefficient (Wildman–Crippen LogP) is 3.16. The first-order valence-corrected chi connectivity index (χ1v) is 5.49. The van der Waals surface area contributed by atoms with Gasteiger partial charge in [-0.2, -0.15) is 8.78 Å². The summed E-state index contributed by atoms with van der Waals surface area (Å²) >= 11 is 0. The maximum Gasteiger partial charge on any atom is 0.308 e. The highest BCUT2D eigenvalue weighted by Gasteiger charge is 2.24. The molecule has 16 heavy (non-hydrogen) atoms. The summed E-state index contributed by atoms with van der Waals surface area (Å²) in [5.74, 6) is 1.02. The molecule has 0 saturated heterocycles. The first kappa shape index (κ1) is 14.9. The van der Waals surface area contributed by atoms with E-state index in [2.05, 4.69) is 10.7 Å². The fourth-order valence-corrected chi connectivity index (χ4v) is 1.03. The molecule has 0 bridgehead atoms. The molecule has 0 radical (unpaired) electrons. The van der Waals surface area contributed by atoms with E-state index in [0.29, 0.717) is 6.42 Å². The lowest BCUT2D eigenvalue weighted by Gasteiger charge is -2.08. The number of rotatable bonds is 6. The molecule has 0 aromatic heterocycles. The van der Waals surface area contributed by atoms with Crippen LogP contribution in [0.15, 0.2) is 0 Å². The maximum absolute atomic E-state index is 13.1. The van der Waals surface area contributed by atoms with E-state index in [-0.39, 0.29) is 19.4 Å². The van der Waals surface area contributed by atoms with Gasteiger partial charge in [-0.15, -0.1) is 0 Å². The zero-order chi connectivity index (χ0) is 12.4.